The summed E-state index contributed by atoms with van der Waals surface area (Å²) in [5, 5.41) is 11.9. The summed E-state index contributed by atoms with van der Waals surface area (Å²) >= 11 is 0. The highest BCUT2D eigenvalue weighted by atomic mass is 16.4. The van der Waals surface area contributed by atoms with E-state index >= 15 is 0 Å². The van der Waals surface area contributed by atoms with Crippen LogP contribution in [-0.2, 0) is 0 Å². The van der Waals surface area contributed by atoms with Crippen LogP contribution in [0, 0.1) is 5.92 Å². The maximum Gasteiger partial charge on any atom is 0.144 e. The molecule has 1 aliphatic heterocycles. The number of nitrogens with two attached hydrogens (primary N) is 1. The van der Waals surface area contributed by atoms with Crippen molar-refractivity contribution in [2.45, 2.75) is 6.04 Å². The monoisotopic (exact) mass is 281 g/mol. The number of nitrogens with zero attached hydrogens (tertiary/aromatic N) is 2. The Balaban J connectivity index is 1.85. The molecule has 21 heavy (non-hydrogen) atoms. The molecule has 0 amide bonds. The topological polar surface area (TPSA) is 61.9 Å². The Kier molecular flexibility index (Phi) is 3.88. The molecule has 0 unspecified atom stereocenters. The van der Waals surface area contributed by atoms with Crippen LogP contribution in [0.4, 0.5) is 0 Å². The van der Waals surface area contributed by atoms with E-state index in [4.69, 9.17) is 10.9 Å². The summed E-state index contributed by atoms with van der Waals surface area (Å²) < 4.78 is 0. The summed E-state index contributed by atoms with van der Waals surface area (Å²) in [5.41, 5.74) is 8.22. The van der Waals surface area contributed by atoms with Crippen LogP contribution in [0.3, 0.4) is 0 Å². The van der Waals surface area contributed by atoms with Crippen molar-refractivity contribution in [3.8, 4) is 0 Å². The quantitative estimate of drug-likeness (QED) is 0.392. The number of benzene rings is 2. The molecule has 0 aliphatic carbocycles. The third-order valence-corrected chi connectivity index (χ3v) is 4.04. The lowest BCUT2D eigenvalue weighted by atomic mass is 9.90. The van der Waals surface area contributed by atoms with E-state index in [1.165, 1.54) is 11.1 Å². The van der Waals surface area contributed by atoms with Gasteiger partial charge < -0.3 is 10.9 Å². The lowest BCUT2D eigenvalue weighted by Crippen LogP contribution is -2.53. The molecule has 0 saturated carbocycles. The van der Waals surface area contributed by atoms with Crippen LogP contribution in [-0.4, -0.2) is 29.0 Å². The summed E-state index contributed by atoms with van der Waals surface area (Å²) in [6.45, 7) is 1.62. The van der Waals surface area contributed by atoms with Crippen molar-refractivity contribution < 1.29 is 5.21 Å². The molecule has 2 aromatic rings. The number of hydrogen-bond donors (Lipinski definition) is 2. The Hall–Kier alpha value is -2.33. The molecule has 1 fully saturated rings. The summed E-state index contributed by atoms with van der Waals surface area (Å²) in [4.78, 5) is 2.35. The normalized spacial score (nSPS) is 16.9. The Labute approximate surface area is 124 Å². The number of likely N-dealkylation sites (tertiary alicyclic amines) is 1. The predicted molar refractivity (Wildman–Crippen MR) is 83.2 cm³/mol. The average Bonchev–Trinajstić information content (AvgIpc) is 2.51. The summed E-state index contributed by atoms with van der Waals surface area (Å²) in [6, 6.07) is 21.1. The molecule has 0 atom stereocenters. The van der Waals surface area contributed by atoms with Gasteiger partial charge in [-0.25, -0.2) is 0 Å². The maximum atomic E-state index is 8.77. The van der Waals surface area contributed by atoms with Gasteiger partial charge in [0.25, 0.3) is 0 Å². The highest BCUT2D eigenvalue weighted by Crippen LogP contribution is 2.34. The zero-order valence-corrected chi connectivity index (χ0v) is 11.8. The Morgan fingerprint density at radius 2 is 1.48 bits per heavy atom. The Morgan fingerprint density at radius 3 is 1.90 bits per heavy atom. The smallest absolute Gasteiger partial charge is 0.144 e. The van der Waals surface area contributed by atoms with Gasteiger partial charge in [-0.15, -0.1) is 0 Å². The first-order valence-corrected chi connectivity index (χ1v) is 7.11. The number of amidine groups is 1. The zero-order chi connectivity index (χ0) is 14.7. The van der Waals surface area contributed by atoms with Crippen molar-refractivity contribution in [2.75, 3.05) is 13.1 Å². The van der Waals surface area contributed by atoms with Gasteiger partial charge >= 0.3 is 0 Å². The van der Waals surface area contributed by atoms with Crippen molar-refractivity contribution in [1.82, 2.24) is 4.90 Å². The lowest BCUT2D eigenvalue weighted by Gasteiger charge is -2.44. The summed E-state index contributed by atoms with van der Waals surface area (Å²) in [5.74, 6) is 0.469. The van der Waals surface area contributed by atoms with E-state index in [9.17, 15) is 0 Å². The van der Waals surface area contributed by atoms with E-state index in [0.717, 1.165) is 13.1 Å². The second-order valence-corrected chi connectivity index (χ2v) is 5.40. The zero-order valence-electron chi connectivity index (χ0n) is 11.8. The third kappa shape index (κ3) is 2.76. The number of rotatable bonds is 4. The van der Waals surface area contributed by atoms with Crippen LogP contribution in [0.5, 0.6) is 0 Å². The van der Waals surface area contributed by atoms with E-state index < -0.39 is 0 Å². The van der Waals surface area contributed by atoms with Gasteiger partial charge in [-0.3, -0.25) is 4.90 Å². The van der Waals surface area contributed by atoms with Crippen LogP contribution in [0.25, 0.3) is 0 Å². The minimum absolute atomic E-state index is 0.143. The van der Waals surface area contributed by atoms with E-state index in [1.54, 1.807) is 0 Å². The largest absolute Gasteiger partial charge is 0.409 e. The number of hydrogen-bond acceptors (Lipinski definition) is 3. The molecule has 0 aromatic heterocycles. The first kappa shape index (κ1) is 13.6. The molecule has 1 heterocycles. The van der Waals surface area contributed by atoms with E-state index in [2.05, 4.69) is 58.6 Å². The van der Waals surface area contributed by atoms with Gasteiger partial charge in [-0.05, 0) is 11.1 Å². The molecule has 3 rings (SSSR count). The molecular weight excluding hydrogens is 262 g/mol. The fraction of sp³-hybridized carbons (Fsp3) is 0.235. The maximum absolute atomic E-state index is 8.77. The molecule has 1 saturated heterocycles. The highest BCUT2D eigenvalue weighted by molar-refractivity contribution is 5.83. The van der Waals surface area contributed by atoms with Crippen molar-refractivity contribution in [2.24, 2.45) is 16.8 Å². The van der Waals surface area contributed by atoms with Crippen LogP contribution in [0.1, 0.15) is 17.2 Å². The second kappa shape index (κ2) is 5.97. The first-order valence-electron chi connectivity index (χ1n) is 7.11. The van der Waals surface area contributed by atoms with Crippen molar-refractivity contribution in [3.63, 3.8) is 0 Å². The fourth-order valence-corrected chi connectivity index (χ4v) is 2.88. The predicted octanol–water partition coefficient (Wildman–Crippen LogP) is 2.45. The standard InChI is InChI=1S/C17H19N3O/c18-17(19-21)15-11-20(12-15)16(13-7-3-1-4-8-13)14-9-5-2-6-10-14/h1-10,15-16,21H,11-12H2,(H2,18,19). The molecule has 0 radical (unpaired) electrons. The molecular formula is C17H19N3O. The molecule has 108 valence electrons. The van der Waals surface area contributed by atoms with Crippen LogP contribution < -0.4 is 5.73 Å². The van der Waals surface area contributed by atoms with Crippen molar-refractivity contribution in [1.29, 1.82) is 0 Å². The highest BCUT2D eigenvalue weighted by Gasteiger charge is 2.36. The molecule has 1 aliphatic rings. The van der Waals surface area contributed by atoms with Gasteiger partial charge in [0.15, 0.2) is 0 Å². The molecule has 3 N–H and O–H groups in total. The number of oxime groups is 1. The summed E-state index contributed by atoms with van der Waals surface area (Å²) in [6.07, 6.45) is 0. The Bertz CT molecular complexity index is 567. The minimum atomic E-state index is 0.143. The van der Waals surface area contributed by atoms with Crippen LogP contribution in [0.2, 0.25) is 0 Å². The van der Waals surface area contributed by atoms with E-state index in [-0.39, 0.29) is 12.0 Å². The average molecular weight is 281 g/mol. The second-order valence-electron chi connectivity index (χ2n) is 5.40. The van der Waals surface area contributed by atoms with Crippen LogP contribution >= 0.6 is 0 Å². The molecule has 4 nitrogen and oxygen atoms in total. The summed E-state index contributed by atoms with van der Waals surface area (Å²) in [7, 11) is 0. The molecule has 0 spiro atoms. The van der Waals surface area contributed by atoms with Crippen LogP contribution in [0.15, 0.2) is 65.8 Å². The SMILES string of the molecule is NC(=NO)C1CN(C(c2ccccc2)c2ccccc2)C1. The fourth-order valence-electron chi connectivity index (χ4n) is 2.88. The van der Waals surface area contributed by atoms with Gasteiger partial charge in [0.05, 0.1) is 6.04 Å². The first-order chi connectivity index (χ1) is 10.3. The van der Waals surface area contributed by atoms with Gasteiger partial charge in [-0.1, -0.05) is 65.8 Å². The molecule has 4 heteroatoms. The van der Waals surface area contributed by atoms with E-state index in [0.29, 0.717) is 5.84 Å². The van der Waals surface area contributed by atoms with E-state index in [1.807, 2.05) is 12.1 Å². The van der Waals surface area contributed by atoms with Gasteiger partial charge in [0.1, 0.15) is 5.84 Å². The van der Waals surface area contributed by atoms with Gasteiger partial charge in [-0.2, -0.15) is 0 Å². The van der Waals surface area contributed by atoms with Crippen molar-refractivity contribution in [3.05, 3.63) is 71.8 Å². The third-order valence-electron chi connectivity index (χ3n) is 4.04. The lowest BCUT2D eigenvalue weighted by molar-refractivity contribution is 0.102. The molecule has 2 aromatic carbocycles. The van der Waals surface area contributed by atoms with Crippen molar-refractivity contribution >= 4 is 5.84 Å². The minimum Gasteiger partial charge on any atom is -0.409 e. The molecule has 0 bridgehead atoms. The van der Waals surface area contributed by atoms with Gasteiger partial charge in [0.2, 0.25) is 0 Å². The Morgan fingerprint density at radius 1 is 1.00 bits per heavy atom. The van der Waals surface area contributed by atoms with Gasteiger partial charge in [0, 0.05) is 19.0 Å².